The third-order valence-electron chi connectivity index (χ3n) is 2.97. The van der Waals surface area contributed by atoms with Crippen molar-refractivity contribution in [1.82, 2.24) is 0 Å². The van der Waals surface area contributed by atoms with Crippen LogP contribution in [-0.4, -0.2) is 5.11 Å². The number of halogens is 1. The predicted octanol–water partition coefficient (Wildman–Crippen LogP) is 4.59. The highest BCUT2D eigenvalue weighted by Crippen LogP contribution is 2.33. The van der Waals surface area contributed by atoms with Crippen molar-refractivity contribution in [2.75, 3.05) is 0 Å². The van der Waals surface area contributed by atoms with Crippen molar-refractivity contribution in [3.8, 4) is 0 Å². The molecule has 0 aliphatic carbocycles. The van der Waals surface area contributed by atoms with E-state index in [-0.39, 0.29) is 0 Å². The molecule has 0 saturated carbocycles. The molecule has 3 aromatic rings. The lowest BCUT2D eigenvalue weighted by Gasteiger charge is -2.10. The molecule has 3 heteroatoms. The Labute approximate surface area is 123 Å². The average Bonchev–Trinajstić information content (AvgIpc) is 2.82. The summed E-state index contributed by atoms with van der Waals surface area (Å²) in [5.41, 5.74) is 1.95. The Morgan fingerprint density at radius 3 is 2.72 bits per heavy atom. The molecule has 2 aromatic carbocycles. The van der Waals surface area contributed by atoms with E-state index >= 15 is 0 Å². The van der Waals surface area contributed by atoms with Gasteiger partial charge in [-0.25, -0.2) is 0 Å². The Morgan fingerprint density at radius 1 is 1.06 bits per heavy atom. The van der Waals surface area contributed by atoms with Crippen molar-refractivity contribution in [2.45, 2.75) is 6.10 Å². The second-order valence-corrected chi connectivity index (χ2v) is 6.30. The van der Waals surface area contributed by atoms with Gasteiger partial charge in [0.15, 0.2) is 0 Å². The van der Waals surface area contributed by atoms with Crippen LogP contribution in [-0.2, 0) is 0 Å². The van der Waals surface area contributed by atoms with Gasteiger partial charge < -0.3 is 5.11 Å². The first-order chi connectivity index (χ1) is 8.75. The molecule has 1 aromatic heterocycles. The molecule has 1 unspecified atom stereocenters. The van der Waals surface area contributed by atoms with Gasteiger partial charge in [0.05, 0.1) is 0 Å². The second-order valence-electron chi connectivity index (χ2n) is 4.14. The maximum absolute atomic E-state index is 10.5. The van der Waals surface area contributed by atoms with Gasteiger partial charge in [-0.3, -0.25) is 0 Å². The molecule has 0 bridgehead atoms. The van der Waals surface area contributed by atoms with Gasteiger partial charge in [-0.1, -0.05) is 30.3 Å². The van der Waals surface area contributed by atoms with E-state index < -0.39 is 6.10 Å². The monoisotopic (exact) mass is 366 g/mol. The molecule has 0 saturated heterocycles. The Balaban J connectivity index is 2.09. The van der Waals surface area contributed by atoms with Crippen molar-refractivity contribution >= 4 is 44.0 Å². The highest BCUT2D eigenvalue weighted by molar-refractivity contribution is 14.1. The minimum Gasteiger partial charge on any atom is -0.384 e. The lowest BCUT2D eigenvalue weighted by atomic mass is 10.0. The van der Waals surface area contributed by atoms with E-state index in [9.17, 15) is 5.11 Å². The van der Waals surface area contributed by atoms with Gasteiger partial charge in [-0.05, 0) is 57.1 Å². The minimum absolute atomic E-state index is 0.545. The number of aliphatic hydroxyl groups is 1. The maximum atomic E-state index is 10.5. The summed E-state index contributed by atoms with van der Waals surface area (Å²) in [6.45, 7) is 0. The topological polar surface area (TPSA) is 20.2 Å². The summed E-state index contributed by atoms with van der Waals surface area (Å²) in [4.78, 5) is 0. The fourth-order valence-corrected chi connectivity index (χ4v) is 3.61. The van der Waals surface area contributed by atoms with Gasteiger partial charge in [-0.2, -0.15) is 0 Å². The largest absolute Gasteiger partial charge is 0.384 e. The molecule has 1 heterocycles. The summed E-state index contributed by atoms with van der Waals surface area (Å²) >= 11 is 3.95. The summed E-state index contributed by atoms with van der Waals surface area (Å²) in [7, 11) is 0. The smallest absolute Gasteiger partial charge is 0.105 e. The summed E-state index contributed by atoms with van der Waals surface area (Å²) < 4.78 is 2.36. The summed E-state index contributed by atoms with van der Waals surface area (Å²) in [6.07, 6.45) is -0.545. The Kier molecular flexibility index (Phi) is 3.37. The van der Waals surface area contributed by atoms with Crippen molar-refractivity contribution in [3.05, 3.63) is 68.6 Å². The highest BCUT2D eigenvalue weighted by atomic mass is 127. The molecule has 1 atom stereocenters. The van der Waals surface area contributed by atoms with Crippen LogP contribution in [0, 0.1) is 3.57 Å². The normalized spacial score (nSPS) is 12.8. The van der Waals surface area contributed by atoms with Crippen LogP contribution >= 0.6 is 33.9 Å². The molecule has 0 spiro atoms. The SMILES string of the molecule is OC(c1cccc(I)c1)c1csc2ccccc12. The van der Waals surface area contributed by atoms with Crippen molar-refractivity contribution in [3.63, 3.8) is 0 Å². The molecule has 0 aliphatic rings. The first-order valence-corrected chi connectivity index (χ1v) is 7.61. The average molecular weight is 366 g/mol. The van der Waals surface area contributed by atoms with Gasteiger partial charge in [0.2, 0.25) is 0 Å². The van der Waals surface area contributed by atoms with Crippen LogP contribution in [0.1, 0.15) is 17.2 Å². The van der Waals surface area contributed by atoms with Crippen molar-refractivity contribution in [1.29, 1.82) is 0 Å². The fourth-order valence-electron chi connectivity index (χ4n) is 2.07. The molecule has 3 rings (SSSR count). The van der Waals surface area contributed by atoms with Crippen LogP contribution in [0.2, 0.25) is 0 Å². The lowest BCUT2D eigenvalue weighted by Crippen LogP contribution is -1.98. The van der Waals surface area contributed by atoms with Crippen LogP contribution in [0.25, 0.3) is 10.1 Å². The third kappa shape index (κ3) is 2.18. The van der Waals surface area contributed by atoms with Crippen LogP contribution in [0.3, 0.4) is 0 Å². The Hall–Kier alpha value is -0.910. The number of fused-ring (bicyclic) bond motifs is 1. The standard InChI is InChI=1S/C15H11IOS/c16-11-5-3-4-10(8-11)15(17)13-9-18-14-7-2-1-6-12(13)14/h1-9,15,17H. The quantitative estimate of drug-likeness (QED) is 0.658. The van der Waals surface area contributed by atoms with Gasteiger partial charge in [0.1, 0.15) is 6.10 Å². The van der Waals surface area contributed by atoms with Gasteiger partial charge in [-0.15, -0.1) is 11.3 Å². The first kappa shape index (κ1) is 12.1. The Morgan fingerprint density at radius 2 is 1.89 bits per heavy atom. The molecule has 1 N–H and O–H groups in total. The van der Waals surface area contributed by atoms with Crippen LogP contribution < -0.4 is 0 Å². The van der Waals surface area contributed by atoms with Gasteiger partial charge in [0.25, 0.3) is 0 Å². The first-order valence-electron chi connectivity index (χ1n) is 5.65. The van der Waals surface area contributed by atoms with E-state index in [1.54, 1.807) is 11.3 Å². The molecule has 0 amide bonds. The molecule has 0 radical (unpaired) electrons. The van der Waals surface area contributed by atoms with Crippen LogP contribution in [0.4, 0.5) is 0 Å². The molecule has 0 aliphatic heterocycles. The number of aliphatic hydroxyl groups excluding tert-OH is 1. The lowest BCUT2D eigenvalue weighted by molar-refractivity contribution is 0.222. The third-order valence-corrected chi connectivity index (χ3v) is 4.62. The van der Waals surface area contributed by atoms with Crippen LogP contribution in [0.15, 0.2) is 53.9 Å². The summed E-state index contributed by atoms with van der Waals surface area (Å²) in [5.74, 6) is 0. The summed E-state index contributed by atoms with van der Waals surface area (Å²) in [6, 6.07) is 16.2. The molecular formula is C15H11IOS. The van der Waals surface area contributed by atoms with Gasteiger partial charge >= 0.3 is 0 Å². The van der Waals surface area contributed by atoms with Gasteiger partial charge in [0, 0.05) is 13.8 Å². The number of rotatable bonds is 2. The fraction of sp³-hybridized carbons (Fsp3) is 0.0667. The van der Waals surface area contributed by atoms with Crippen LogP contribution in [0.5, 0.6) is 0 Å². The van der Waals surface area contributed by atoms with E-state index in [0.717, 1.165) is 20.1 Å². The molecule has 18 heavy (non-hydrogen) atoms. The molecule has 1 nitrogen and oxygen atoms in total. The van der Waals surface area contributed by atoms with E-state index in [0.29, 0.717) is 0 Å². The predicted molar refractivity (Wildman–Crippen MR) is 85.0 cm³/mol. The van der Waals surface area contributed by atoms with E-state index in [4.69, 9.17) is 0 Å². The minimum atomic E-state index is -0.545. The van der Waals surface area contributed by atoms with E-state index in [1.807, 2.05) is 36.4 Å². The zero-order chi connectivity index (χ0) is 12.5. The zero-order valence-electron chi connectivity index (χ0n) is 9.51. The van der Waals surface area contributed by atoms with Crippen molar-refractivity contribution in [2.24, 2.45) is 0 Å². The molecule has 90 valence electrons. The van der Waals surface area contributed by atoms with E-state index in [2.05, 4.69) is 40.1 Å². The maximum Gasteiger partial charge on any atom is 0.105 e. The number of hydrogen-bond donors (Lipinski definition) is 1. The highest BCUT2D eigenvalue weighted by Gasteiger charge is 2.14. The molecular weight excluding hydrogens is 355 g/mol. The Bertz CT molecular complexity index is 690. The van der Waals surface area contributed by atoms with Crippen molar-refractivity contribution < 1.29 is 5.11 Å². The number of benzene rings is 2. The number of thiophene rings is 1. The van der Waals surface area contributed by atoms with E-state index in [1.165, 1.54) is 4.70 Å². The summed E-state index contributed by atoms with van der Waals surface area (Å²) in [5, 5.41) is 13.7. The zero-order valence-corrected chi connectivity index (χ0v) is 12.5. The second kappa shape index (κ2) is 4.99. The number of hydrogen-bond acceptors (Lipinski definition) is 2. The molecule has 0 fully saturated rings.